The van der Waals surface area contributed by atoms with E-state index in [4.69, 9.17) is 11.6 Å². The molecule has 3 nitrogen and oxygen atoms in total. The molecule has 0 bridgehead atoms. The summed E-state index contributed by atoms with van der Waals surface area (Å²) < 4.78 is 0. The maximum absolute atomic E-state index is 10.5. The molecule has 0 unspecified atom stereocenters. The van der Waals surface area contributed by atoms with E-state index in [1.807, 2.05) is 37.3 Å². The van der Waals surface area contributed by atoms with Crippen LogP contribution in [-0.2, 0) is 15.5 Å². The Morgan fingerprint density at radius 2 is 2.00 bits per heavy atom. The van der Waals surface area contributed by atoms with Crippen molar-refractivity contribution in [3.63, 3.8) is 0 Å². The molecule has 0 amide bonds. The van der Waals surface area contributed by atoms with Gasteiger partial charge in [0, 0.05) is 11.5 Å². The van der Waals surface area contributed by atoms with Crippen LogP contribution in [0.4, 0.5) is 0 Å². The lowest BCUT2D eigenvalue weighted by atomic mass is 10.2. The summed E-state index contributed by atoms with van der Waals surface area (Å²) in [5.41, 5.74) is 1.73. The molecule has 0 spiro atoms. The second kappa shape index (κ2) is 9.87. The zero-order valence-electron chi connectivity index (χ0n) is 10.2. The molecule has 17 heavy (non-hydrogen) atoms. The van der Waals surface area contributed by atoms with E-state index < -0.39 is 5.97 Å². The van der Waals surface area contributed by atoms with Gasteiger partial charge in [-0.05, 0) is 18.9 Å². The number of nitrogens with two attached hydrogens (primary N) is 1. The summed E-state index contributed by atoms with van der Waals surface area (Å²) in [6.45, 7) is 3.60. The highest BCUT2D eigenvalue weighted by Gasteiger charge is 2.00. The third-order valence-electron chi connectivity index (χ3n) is 1.94. The van der Waals surface area contributed by atoms with Crippen LogP contribution in [0.3, 0.4) is 0 Å². The van der Waals surface area contributed by atoms with Crippen molar-refractivity contribution >= 4 is 17.6 Å². The van der Waals surface area contributed by atoms with Crippen LogP contribution in [0.15, 0.2) is 42.0 Å². The van der Waals surface area contributed by atoms with Crippen molar-refractivity contribution < 1.29 is 9.63 Å². The number of benzene rings is 1. The summed E-state index contributed by atoms with van der Waals surface area (Å²) >= 11 is 5.53. The van der Waals surface area contributed by atoms with E-state index in [0.29, 0.717) is 11.5 Å². The quantitative estimate of drug-likeness (QED) is 0.513. The Morgan fingerprint density at radius 3 is 2.35 bits per heavy atom. The molecule has 0 saturated carbocycles. The third-order valence-corrected chi connectivity index (χ3v) is 2.25. The first-order valence-electron chi connectivity index (χ1n) is 5.33. The molecular formula is C13H18ClNO2. The molecule has 4 heteroatoms. The van der Waals surface area contributed by atoms with Crippen LogP contribution >= 0.6 is 11.6 Å². The van der Waals surface area contributed by atoms with Gasteiger partial charge in [-0.3, -0.25) is 0 Å². The smallest absolute Gasteiger partial charge is 0.351 e. The standard InChI is InChI=1S/C7H7Cl.C6H11NO2/c8-6-7-4-2-1-3-5-7;1-3-4-5(2)6(8)9-7/h1-5H,6H2;4H,3,7H2,1-2H3. The highest BCUT2D eigenvalue weighted by molar-refractivity contribution is 6.17. The highest BCUT2D eigenvalue weighted by atomic mass is 35.5. The van der Waals surface area contributed by atoms with Crippen LogP contribution in [0.25, 0.3) is 0 Å². The van der Waals surface area contributed by atoms with E-state index in [9.17, 15) is 4.79 Å². The normalized spacial score (nSPS) is 10.2. The molecule has 0 radical (unpaired) electrons. The Balaban J connectivity index is 0.000000302. The molecule has 0 fully saturated rings. The summed E-state index contributed by atoms with van der Waals surface area (Å²) in [4.78, 5) is 14.4. The van der Waals surface area contributed by atoms with Crippen LogP contribution in [0, 0.1) is 0 Å². The summed E-state index contributed by atoms with van der Waals surface area (Å²) in [5, 5.41) is 0. The topological polar surface area (TPSA) is 52.3 Å². The fraction of sp³-hybridized carbons (Fsp3) is 0.308. The van der Waals surface area contributed by atoms with Crippen molar-refractivity contribution in [2.75, 3.05) is 0 Å². The third kappa shape index (κ3) is 7.55. The first-order chi connectivity index (χ1) is 8.15. The average Bonchev–Trinajstić information content (AvgIpc) is 2.39. The molecule has 0 aliphatic carbocycles. The van der Waals surface area contributed by atoms with E-state index in [1.165, 1.54) is 5.56 Å². The van der Waals surface area contributed by atoms with E-state index in [-0.39, 0.29) is 0 Å². The first kappa shape index (κ1) is 15.7. The lowest BCUT2D eigenvalue weighted by Crippen LogP contribution is -2.10. The van der Waals surface area contributed by atoms with E-state index in [0.717, 1.165) is 6.42 Å². The number of rotatable bonds is 3. The Labute approximate surface area is 107 Å². The minimum Gasteiger partial charge on any atom is -0.370 e. The van der Waals surface area contributed by atoms with E-state index in [2.05, 4.69) is 10.7 Å². The zero-order valence-corrected chi connectivity index (χ0v) is 10.9. The van der Waals surface area contributed by atoms with Crippen LogP contribution < -0.4 is 5.90 Å². The molecule has 0 aliphatic rings. The molecule has 1 rings (SSSR count). The lowest BCUT2D eigenvalue weighted by molar-refractivity contribution is -0.139. The van der Waals surface area contributed by atoms with E-state index >= 15 is 0 Å². The Hall–Kier alpha value is -1.32. The number of carbonyl (C=O) groups is 1. The second-order valence-corrected chi connectivity index (χ2v) is 3.59. The lowest BCUT2D eigenvalue weighted by Gasteiger charge is -1.94. The molecule has 0 aliphatic heterocycles. The number of halogens is 1. The molecule has 0 atom stereocenters. The predicted molar refractivity (Wildman–Crippen MR) is 70.3 cm³/mol. The van der Waals surface area contributed by atoms with Gasteiger partial charge in [0.2, 0.25) is 0 Å². The van der Waals surface area contributed by atoms with Crippen molar-refractivity contribution in [3.8, 4) is 0 Å². The SMILES string of the molecule is CCC=C(C)C(=O)ON.ClCc1ccccc1. The average molecular weight is 256 g/mol. The summed E-state index contributed by atoms with van der Waals surface area (Å²) in [7, 11) is 0. The van der Waals surface area contributed by atoms with Crippen molar-refractivity contribution in [2.45, 2.75) is 26.1 Å². The summed E-state index contributed by atoms with van der Waals surface area (Å²) in [5.74, 6) is 4.76. The van der Waals surface area contributed by atoms with Gasteiger partial charge in [-0.15, -0.1) is 11.6 Å². The number of hydrogen-bond acceptors (Lipinski definition) is 3. The van der Waals surface area contributed by atoms with Gasteiger partial charge in [-0.25, -0.2) is 4.79 Å². The fourth-order valence-corrected chi connectivity index (χ4v) is 1.23. The summed E-state index contributed by atoms with van der Waals surface area (Å²) in [6, 6.07) is 9.96. The van der Waals surface area contributed by atoms with Crippen molar-refractivity contribution in [2.24, 2.45) is 5.90 Å². The maximum Gasteiger partial charge on any atom is 0.351 e. The van der Waals surface area contributed by atoms with Crippen molar-refractivity contribution in [1.82, 2.24) is 0 Å². The molecule has 0 heterocycles. The maximum atomic E-state index is 10.5. The predicted octanol–water partition coefficient (Wildman–Crippen LogP) is 3.19. The monoisotopic (exact) mass is 255 g/mol. The Morgan fingerprint density at radius 1 is 1.41 bits per heavy atom. The van der Waals surface area contributed by atoms with Gasteiger partial charge in [0.1, 0.15) is 0 Å². The van der Waals surface area contributed by atoms with Crippen LogP contribution in [0.5, 0.6) is 0 Å². The molecule has 2 N–H and O–H groups in total. The van der Waals surface area contributed by atoms with E-state index in [1.54, 1.807) is 13.0 Å². The molecule has 0 saturated heterocycles. The van der Waals surface area contributed by atoms with Gasteiger partial charge in [-0.2, -0.15) is 5.90 Å². The fourth-order valence-electron chi connectivity index (χ4n) is 1.05. The first-order valence-corrected chi connectivity index (χ1v) is 5.86. The number of alkyl halides is 1. The van der Waals surface area contributed by atoms with Crippen LogP contribution in [-0.4, -0.2) is 5.97 Å². The van der Waals surface area contributed by atoms with Gasteiger partial charge in [0.15, 0.2) is 0 Å². The molecule has 94 valence electrons. The minimum atomic E-state index is -0.461. The molecule has 0 aromatic heterocycles. The van der Waals surface area contributed by atoms with Crippen LogP contribution in [0.2, 0.25) is 0 Å². The second-order valence-electron chi connectivity index (χ2n) is 3.32. The van der Waals surface area contributed by atoms with Crippen LogP contribution in [0.1, 0.15) is 25.8 Å². The Kier molecular flexibility index (Phi) is 9.11. The molecule has 1 aromatic rings. The minimum absolute atomic E-state index is 0.461. The molecular weight excluding hydrogens is 238 g/mol. The van der Waals surface area contributed by atoms with Crippen molar-refractivity contribution in [1.29, 1.82) is 0 Å². The van der Waals surface area contributed by atoms with Gasteiger partial charge in [0.25, 0.3) is 0 Å². The highest BCUT2D eigenvalue weighted by Crippen LogP contribution is 2.00. The van der Waals surface area contributed by atoms with Gasteiger partial charge in [0.05, 0.1) is 0 Å². The van der Waals surface area contributed by atoms with Gasteiger partial charge in [-0.1, -0.05) is 43.3 Å². The Bertz CT molecular complexity index is 350. The van der Waals surface area contributed by atoms with Crippen molar-refractivity contribution in [3.05, 3.63) is 47.5 Å². The number of allylic oxidation sites excluding steroid dienone is 1. The largest absolute Gasteiger partial charge is 0.370 e. The zero-order chi connectivity index (χ0) is 13.1. The molecule has 1 aromatic carbocycles. The number of carbonyl (C=O) groups excluding carboxylic acids is 1. The summed E-state index contributed by atoms with van der Waals surface area (Å²) in [6.07, 6.45) is 2.58. The van der Waals surface area contributed by atoms with Gasteiger partial charge >= 0.3 is 5.97 Å². The van der Waals surface area contributed by atoms with Gasteiger partial charge < -0.3 is 4.84 Å². The number of hydrogen-bond donors (Lipinski definition) is 1.